The Hall–Kier alpha value is -2.31. The van der Waals surface area contributed by atoms with Crippen molar-refractivity contribution in [3.05, 3.63) is 24.0 Å². The van der Waals surface area contributed by atoms with Crippen LogP contribution in [0.4, 0.5) is 5.82 Å². The maximum absolute atomic E-state index is 10.7. The number of rotatable bonds is 5. The van der Waals surface area contributed by atoms with Gasteiger partial charge in [0, 0.05) is 25.5 Å². The molecule has 17 heavy (non-hydrogen) atoms. The van der Waals surface area contributed by atoms with Crippen LogP contribution >= 0.6 is 0 Å². The molecule has 1 aromatic rings. The van der Waals surface area contributed by atoms with E-state index >= 15 is 0 Å². The number of aryl methyl sites for hydroxylation is 1. The molecule has 0 amide bonds. The smallest absolute Gasteiger partial charge is 0.322 e. The predicted octanol–water partition coefficient (Wildman–Crippen LogP) is 0.521. The standard InChI is InChI=1S/C10H13N3O4/c1-6(8(9(14)15)10(16)17)5-11-7-3-4-13(2)12-7/h3-5,8H,1-2H3,(H,11,12)(H,14,15)(H,16,17). The lowest BCUT2D eigenvalue weighted by atomic mass is 10.0. The second-order valence-corrected chi connectivity index (χ2v) is 3.52. The third-order valence-electron chi connectivity index (χ3n) is 2.11. The van der Waals surface area contributed by atoms with Gasteiger partial charge in [0.15, 0.2) is 11.7 Å². The third-order valence-corrected chi connectivity index (χ3v) is 2.11. The summed E-state index contributed by atoms with van der Waals surface area (Å²) in [6, 6.07) is 1.68. The molecular formula is C10H13N3O4. The Kier molecular flexibility index (Phi) is 3.86. The third kappa shape index (κ3) is 3.33. The molecule has 0 radical (unpaired) electrons. The minimum absolute atomic E-state index is 0.190. The highest BCUT2D eigenvalue weighted by Crippen LogP contribution is 2.12. The fraction of sp³-hybridized carbons (Fsp3) is 0.300. The van der Waals surface area contributed by atoms with Crippen LogP contribution in [0.15, 0.2) is 24.0 Å². The first-order valence-electron chi connectivity index (χ1n) is 4.80. The highest BCUT2D eigenvalue weighted by Gasteiger charge is 2.27. The number of carbonyl (C=O) groups is 2. The van der Waals surface area contributed by atoms with Crippen molar-refractivity contribution >= 4 is 17.8 Å². The Morgan fingerprint density at radius 2 is 2.06 bits per heavy atom. The fourth-order valence-corrected chi connectivity index (χ4v) is 1.26. The van der Waals surface area contributed by atoms with Crippen LogP contribution < -0.4 is 5.32 Å². The highest BCUT2D eigenvalue weighted by molar-refractivity contribution is 5.96. The SMILES string of the molecule is CC(=CNc1ccn(C)n1)C(C(=O)O)C(=O)O. The van der Waals surface area contributed by atoms with Crippen molar-refractivity contribution in [2.45, 2.75) is 6.92 Å². The van der Waals surface area contributed by atoms with Crippen molar-refractivity contribution in [3.8, 4) is 0 Å². The summed E-state index contributed by atoms with van der Waals surface area (Å²) in [4.78, 5) is 21.5. The van der Waals surface area contributed by atoms with Crippen LogP contribution in [0, 0.1) is 5.92 Å². The van der Waals surface area contributed by atoms with Gasteiger partial charge < -0.3 is 15.5 Å². The molecule has 0 saturated heterocycles. The van der Waals surface area contributed by atoms with E-state index < -0.39 is 17.9 Å². The number of carboxylic acid groups (broad SMARTS) is 2. The Labute approximate surface area is 97.4 Å². The molecule has 7 heteroatoms. The van der Waals surface area contributed by atoms with Gasteiger partial charge in [0.05, 0.1) is 0 Å². The Bertz CT molecular complexity index is 450. The van der Waals surface area contributed by atoms with Crippen molar-refractivity contribution in [2.75, 3.05) is 5.32 Å². The minimum atomic E-state index is -1.55. The number of hydrogen-bond donors (Lipinski definition) is 3. The molecular weight excluding hydrogens is 226 g/mol. The molecule has 0 atom stereocenters. The predicted molar refractivity (Wildman–Crippen MR) is 59.3 cm³/mol. The van der Waals surface area contributed by atoms with Gasteiger partial charge in [-0.15, -0.1) is 0 Å². The molecule has 0 aromatic carbocycles. The lowest BCUT2D eigenvalue weighted by Gasteiger charge is -2.07. The molecule has 7 nitrogen and oxygen atoms in total. The summed E-state index contributed by atoms with van der Waals surface area (Å²) in [6.45, 7) is 1.43. The monoisotopic (exact) mass is 239 g/mol. The molecule has 0 bridgehead atoms. The molecule has 92 valence electrons. The molecule has 1 aromatic heterocycles. The van der Waals surface area contributed by atoms with Crippen LogP contribution in [-0.2, 0) is 16.6 Å². The average molecular weight is 239 g/mol. The first kappa shape index (κ1) is 12.8. The molecule has 0 aliphatic carbocycles. The first-order valence-corrected chi connectivity index (χ1v) is 4.80. The van der Waals surface area contributed by atoms with E-state index in [-0.39, 0.29) is 5.57 Å². The van der Waals surface area contributed by atoms with Crippen molar-refractivity contribution in [3.63, 3.8) is 0 Å². The van der Waals surface area contributed by atoms with Crippen LogP contribution in [0.1, 0.15) is 6.92 Å². The van der Waals surface area contributed by atoms with Gasteiger partial charge in [-0.3, -0.25) is 14.3 Å². The van der Waals surface area contributed by atoms with E-state index in [0.29, 0.717) is 5.82 Å². The van der Waals surface area contributed by atoms with Gasteiger partial charge in [0.1, 0.15) is 0 Å². The number of nitrogens with zero attached hydrogens (tertiary/aromatic N) is 2. The molecule has 0 fully saturated rings. The lowest BCUT2D eigenvalue weighted by molar-refractivity contribution is -0.152. The van der Waals surface area contributed by atoms with Crippen LogP contribution in [0.2, 0.25) is 0 Å². The van der Waals surface area contributed by atoms with E-state index in [1.165, 1.54) is 13.1 Å². The van der Waals surface area contributed by atoms with E-state index in [1.54, 1.807) is 24.0 Å². The summed E-state index contributed by atoms with van der Waals surface area (Å²) in [5.41, 5.74) is 0.190. The number of aliphatic carboxylic acids is 2. The van der Waals surface area contributed by atoms with E-state index in [0.717, 1.165) is 0 Å². The van der Waals surface area contributed by atoms with Gasteiger partial charge in [-0.1, -0.05) is 0 Å². The van der Waals surface area contributed by atoms with Gasteiger partial charge in [0.25, 0.3) is 0 Å². The second-order valence-electron chi connectivity index (χ2n) is 3.52. The Morgan fingerprint density at radius 3 is 2.47 bits per heavy atom. The van der Waals surface area contributed by atoms with Gasteiger partial charge >= 0.3 is 11.9 Å². The van der Waals surface area contributed by atoms with E-state index in [1.807, 2.05) is 0 Å². The van der Waals surface area contributed by atoms with Gasteiger partial charge in [-0.2, -0.15) is 5.10 Å². The van der Waals surface area contributed by atoms with Crippen LogP contribution in [0.3, 0.4) is 0 Å². The zero-order chi connectivity index (χ0) is 13.0. The maximum Gasteiger partial charge on any atom is 0.322 e. The summed E-state index contributed by atoms with van der Waals surface area (Å²) >= 11 is 0. The molecule has 1 rings (SSSR count). The topological polar surface area (TPSA) is 104 Å². The zero-order valence-electron chi connectivity index (χ0n) is 9.41. The number of nitrogens with one attached hydrogen (secondary N) is 1. The maximum atomic E-state index is 10.7. The summed E-state index contributed by atoms with van der Waals surface area (Å²) < 4.78 is 1.57. The van der Waals surface area contributed by atoms with E-state index in [4.69, 9.17) is 10.2 Å². The number of anilines is 1. The minimum Gasteiger partial charge on any atom is -0.480 e. The van der Waals surface area contributed by atoms with Gasteiger partial charge in [-0.25, -0.2) is 0 Å². The van der Waals surface area contributed by atoms with Crippen LogP contribution in [0.25, 0.3) is 0 Å². The molecule has 0 unspecified atom stereocenters. The average Bonchev–Trinajstić information content (AvgIpc) is 2.60. The van der Waals surface area contributed by atoms with Crippen molar-refractivity contribution in [1.82, 2.24) is 9.78 Å². The molecule has 0 saturated carbocycles. The highest BCUT2D eigenvalue weighted by atomic mass is 16.4. The summed E-state index contributed by atoms with van der Waals surface area (Å²) in [5.74, 6) is -3.82. The van der Waals surface area contributed by atoms with E-state index in [9.17, 15) is 9.59 Å². The van der Waals surface area contributed by atoms with Crippen LogP contribution in [0.5, 0.6) is 0 Å². The van der Waals surface area contributed by atoms with Crippen molar-refractivity contribution in [1.29, 1.82) is 0 Å². The molecule has 0 aliphatic heterocycles. The largest absolute Gasteiger partial charge is 0.480 e. The normalized spacial score (nSPS) is 11.6. The summed E-state index contributed by atoms with van der Waals surface area (Å²) in [6.07, 6.45) is 3.03. The van der Waals surface area contributed by atoms with Crippen molar-refractivity contribution in [2.24, 2.45) is 13.0 Å². The summed E-state index contributed by atoms with van der Waals surface area (Å²) in [5, 5.41) is 24.2. The first-order chi connectivity index (χ1) is 7.91. The Morgan fingerprint density at radius 1 is 1.47 bits per heavy atom. The zero-order valence-corrected chi connectivity index (χ0v) is 9.41. The van der Waals surface area contributed by atoms with E-state index in [2.05, 4.69) is 10.4 Å². The number of aromatic nitrogens is 2. The number of hydrogen-bond acceptors (Lipinski definition) is 4. The quantitative estimate of drug-likeness (QED) is 0.647. The fourth-order valence-electron chi connectivity index (χ4n) is 1.26. The Balaban J connectivity index is 2.77. The van der Waals surface area contributed by atoms with Gasteiger partial charge in [-0.05, 0) is 12.5 Å². The lowest BCUT2D eigenvalue weighted by Crippen LogP contribution is -2.24. The van der Waals surface area contributed by atoms with Crippen LogP contribution in [-0.4, -0.2) is 31.9 Å². The second kappa shape index (κ2) is 5.15. The molecule has 0 aliphatic rings. The van der Waals surface area contributed by atoms with Crippen molar-refractivity contribution < 1.29 is 19.8 Å². The molecule has 3 N–H and O–H groups in total. The van der Waals surface area contributed by atoms with Gasteiger partial charge in [0.2, 0.25) is 0 Å². The number of carboxylic acids is 2. The summed E-state index contributed by atoms with van der Waals surface area (Å²) in [7, 11) is 1.74. The molecule has 1 heterocycles. The molecule has 0 spiro atoms.